The van der Waals surface area contributed by atoms with E-state index in [4.69, 9.17) is 4.42 Å². The second-order valence-electron chi connectivity index (χ2n) is 4.60. The number of halogens is 1. The first-order valence-corrected chi connectivity index (χ1v) is 6.48. The molecule has 0 saturated heterocycles. The molecular weight excluding hydrogens is 288 g/mol. The number of furan rings is 1. The minimum Gasteiger partial charge on any atom is -1.00 e. The van der Waals surface area contributed by atoms with Crippen molar-refractivity contribution in [1.82, 2.24) is 5.32 Å². The Bertz CT molecular complexity index is 726. The number of nitrogens with one attached hydrogen (secondary N) is 1. The number of rotatable bonds is 4. The van der Waals surface area contributed by atoms with Crippen LogP contribution in [0.3, 0.4) is 0 Å². The summed E-state index contributed by atoms with van der Waals surface area (Å²) in [4.78, 5) is 11.9. The van der Waals surface area contributed by atoms with Crippen LogP contribution in [0.4, 0.5) is 0 Å². The highest BCUT2D eigenvalue weighted by Gasteiger charge is 2.10. The van der Waals surface area contributed by atoms with E-state index in [0.717, 1.165) is 11.1 Å². The van der Waals surface area contributed by atoms with Crippen molar-refractivity contribution in [1.29, 1.82) is 0 Å². The number of fused-ring (bicyclic) bond motifs is 1. The van der Waals surface area contributed by atoms with Gasteiger partial charge in [0.15, 0.2) is 12.4 Å². The van der Waals surface area contributed by atoms with Crippen LogP contribution in [0.15, 0.2) is 65.5 Å². The Morgan fingerprint density at radius 2 is 1.90 bits per heavy atom. The van der Waals surface area contributed by atoms with Gasteiger partial charge in [0.25, 0.3) is 5.91 Å². The van der Waals surface area contributed by atoms with Gasteiger partial charge in [-0.2, -0.15) is 4.57 Å². The minimum atomic E-state index is -0.0401. The quantitative estimate of drug-likeness (QED) is 0.631. The molecule has 2 aromatic heterocycles. The van der Waals surface area contributed by atoms with Crippen LogP contribution in [-0.2, 0) is 17.9 Å². The summed E-state index contributed by atoms with van der Waals surface area (Å²) < 4.78 is 7.05. The van der Waals surface area contributed by atoms with E-state index in [-0.39, 0.29) is 18.3 Å². The third kappa shape index (κ3) is 3.83. The molecule has 1 aromatic carbocycles. The van der Waals surface area contributed by atoms with Crippen LogP contribution >= 0.6 is 0 Å². The molecule has 0 aliphatic rings. The summed E-state index contributed by atoms with van der Waals surface area (Å²) in [5, 5.41) is 5.11. The Morgan fingerprint density at radius 1 is 1.10 bits per heavy atom. The maximum Gasteiger partial charge on any atom is 0.286 e. The van der Waals surface area contributed by atoms with E-state index in [0.29, 0.717) is 13.1 Å². The number of aromatic nitrogens is 1. The van der Waals surface area contributed by atoms with Crippen molar-refractivity contribution in [2.24, 2.45) is 0 Å². The highest BCUT2D eigenvalue weighted by atomic mass is 35.5. The molecule has 4 nitrogen and oxygen atoms in total. The summed E-state index contributed by atoms with van der Waals surface area (Å²) >= 11 is 0. The van der Waals surface area contributed by atoms with E-state index in [2.05, 4.69) is 11.4 Å². The molecule has 21 heavy (non-hydrogen) atoms. The van der Waals surface area contributed by atoms with Crippen LogP contribution in [0.2, 0.25) is 0 Å². The third-order valence-corrected chi connectivity index (χ3v) is 3.11. The van der Waals surface area contributed by atoms with Crippen molar-refractivity contribution in [3.05, 3.63) is 66.9 Å². The largest absolute Gasteiger partial charge is 1.00 e. The van der Waals surface area contributed by atoms with Crippen molar-refractivity contribution in [3.8, 4) is 0 Å². The molecule has 0 bridgehead atoms. The number of hydrogen-bond acceptors (Lipinski definition) is 2. The highest BCUT2D eigenvalue weighted by molar-refractivity contribution is 5.80. The molecule has 3 aromatic rings. The van der Waals surface area contributed by atoms with Gasteiger partial charge in [-0.15, -0.1) is 0 Å². The topological polar surface area (TPSA) is 46.1 Å². The maximum atomic E-state index is 11.9. The summed E-state index contributed by atoms with van der Waals surface area (Å²) in [6, 6.07) is 13.7. The van der Waals surface area contributed by atoms with Gasteiger partial charge >= 0.3 is 0 Å². The predicted molar refractivity (Wildman–Crippen MR) is 74.7 cm³/mol. The lowest BCUT2D eigenvalue weighted by Crippen LogP contribution is -3.00. The number of pyridine rings is 1. The molecule has 108 valence electrons. The summed E-state index contributed by atoms with van der Waals surface area (Å²) in [6.07, 6.45) is 5.48. The molecule has 0 fully saturated rings. The first-order chi connectivity index (χ1) is 9.81. The van der Waals surface area contributed by atoms with E-state index < -0.39 is 0 Å². The third-order valence-electron chi connectivity index (χ3n) is 3.11. The van der Waals surface area contributed by atoms with Gasteiger partial charge in [0, 0.05) is 11.5 Å². The van der Waals surface area contributed by atoms with Crippen LogP contribution < -0.4 is 22.3 Å². The summed E-state index contributed by atoms with van der Waals surface area (Å²) in [5.74, 6) is 0.712. The SMILES string of the molecule is O=C(C[n+]1ccc2ccccc2c1)NCc1ccco1.[Cl-]. The zero-order valence-corrected chi connectivity index (χ0v) is 12.1. The first kappa shape index (κ1) is 15.1. The monoisotopic (exact) mass is 302 g/mol. The van der Waals surface area contributed by atoms with Gasteiger partial charge in [0.1, 0.15) is 5.76 Å². The Labute approximate surface area is 128 Å². The van der Waals surface area contributed by atoms with Gasteiger partial charge in [0.2, 0.25) is 6.54 Å². The van der Waals surface area contributed by atoms with Crippen LogP contribution in [0.1, 0.15) is 5.76 Å². The average molecular weight is 303 g/mol. The Balaban J connectivity index is 0.00000161. The second-order valence-corrected chi connectivity index (χ2v) is 4.60. The van der Waals surface area contributed by atoms with Crippen LogP contribution in [0.5, 0.6) is 0 Å². The van der Waals surface area contributed by atoms with Gasteiger partial charge in [-0.25, -0.2) is 0 Å². The fourth-order valence-electron chi connectivity index (χ4n) is 2.10. The van der Waals surface area contributed by atoms with Gasteiger partial charge < -0.3 is 22.1 Å². The van der Waals surface area contributed by atoms with Gasteiger partial charge in [-0.3, -0.25) is 4.79 Å². The molecule has 0 atom stereocenters. The zero-order valence-electron chi connectivity index (χ0n) is 11.3. The number of hydrogen-bond donors (Lipinski definition) is 1. The van der Waals surface area contributed by atoms with Crippen LogP contribution in [0, 0.1) is 0 Å². The molecule has 1 amide bonds. The number of nitrogens with zero attached hydrogens (tertiary/aromatic N) is 1. The first-order valence-electron chi connectivity index (χ1n) is 6.48. The summed E-state index contributed by atoms with van der Waals surface area (Å²) in [6.45, 7) is 0.714. The van der Waals surface area contributed by atoms with E-state index >= 15 is 0 Å². The second kappa shape index (κ2) is 6.90. The number of amides is 1. The Morgan fingerprint density at radius 3 is 2.67 bits per heavy atom. The highest BCUT2D eigenvalue weighted by Crippen LogP contribution is 2.09. The van der Waals surface area contributed by atoms with Gasteiger partial charge in [0.05, 0.1) is 12.8 Å². The molecule has 2 heterocycles. The maximum absolute atomic E-state index is 11.9. The molecule has 5 heteroatoms. The zero-order chi connectivity index (χ0) is 13.8. The average Bonchev–Trinajstić information content (AvgIpc) is 2.98. The minimum absolute atomic E-state index is 0. The van der Waals surface area contributed by atoms with Crippen molar-refractivity contribution < 1.29 is 26.2 Å². The molecule has 0 saturated carbocycles. The number of carbonyl (C=O) groups excluding carboxylic acids is 1. The van der Waals surface area contributed by atoms with Gasteiger partial charge in [-0.05, 0) is 23.6 Å². The molecule has 3 rings (SSSR count). The van der Waals surface area contributed by atoms with Crippen LogP contribution in [0.25, 0.3) is 10.8 Å². The fraction of sp³-hybridized carbons (Fsp3) is 0.125. The predicted octanol–water partition coefficient (Wildman–Crippen LogP) is -0.959. The van der Waals surface area contributed by atoms with Gasteiger partial charge in [-0.1, -0.05) is 18.2 Å². The number of benzene rings is 1. The molecule has 1 N–H and O–H groups in total. The Kier molecular flexibility index (Phi) is 4.95. The lowest BCUT2D eigenvalue weighted by Gasteiger charge is -2.01. The summed E-state index contributed by atoms with van der Waals surface area (Å²) in [5.41, 5.74) is 0. The molecular formula is C16H15ClN2O2. The fourth-order valence-corrected chi connectivity index (χ4v) is 2.10. The Hall–Kier alpha value is -2.33. The lowest BCUT2D eigenvalue weighted by atomic mass is 10.2. The molecule has 0 radical (unpaired) electrons. The van der Waals surface area contributed by atoms with Crippen molar-refractivity contribution >= 4 is 16.7 Å². The molecule has 0 unspecified atom stereocenters. The molecule has 0 aliphatic heterocycles. The van der Waals surface area contributed by atoms with E-state index in [1.165, 1.54) is 5.39 Å². The smallest absolute Gasteiger partial charge is 0.286 e. The standard InChI is InChI=1S/C16H14N2O2.ClH/c19-16(17-10-15-6-3-9-20-15)12-18-8-7-13-4-1-2-5-14(13)11-18;/h1-9,11H,10,12H2;1H. The number of carbonyl (C=O) groups is 1. The van der Waals surface area contributed by atoms with E-state index in [1.807, 2.05) is 47.3 Å². The summed E-state index contributed by atoms with van der Waals surface area (Å²) in [7, 11) is 0. The van der Waals surface area contributed by atoms with Crippen molar-refractivity contribution in [3.63, 3.8) is 0 Å². The van der Waals surface area contributed by atoms with E-state index in [1.54, 1.807) is 12.3 Å². The van der Waals surface area contributed by atoms with Crippen molar-refractivity contribution in [2.45, 2.75) is 13.1 Å². The normalized spacial score (nSPS) is 10.1. The van der Waals surface area contributed by atoms with E-state index in [9.17, 15) is 4.79 Å². The molecule has 0 spiro atoms. The van der Waals surface area contributed by atoms with Crippen LogP contribution in [-0.4, -0.2) is 5.91 Å². The lowest BCUT2D eigenvalue weighted by molar-refractivity contribution is -0.683. The van der Waals surface area contributed by atoms with Crippen molar-refractivity contribution in [2.75, 3.05) is 0 Å². The molecule has 0 aliphatic carbocycles.